The smallest absolute Gasteiger partial charge is 0.352 e. The molecule has 1 atom stereocenters. The molecule has 1 fully saturated rings. The van der Waals surface area contributed by atoms with Gasteiger partial charge in [-0.1, -0.05) is 61.5 Å². The number of para-hydroxylation sites is 1. The third-order valence-corrected chi connectivity index (χ3v) is 8.20. The number of rotatable bonds is 9. The second-order valence-corrected chi connectivity index (χ2v) is 10.7. The molecule has 0 spiro atoms. The first-order chi connectivity index (χ1) is 19.9. The lowest BCUT2D eigenvalue weighted by Crippen LogP contribution is -2.29. The first kappa shape index (κ1) is 26.6. The van der Waals surface area contributed by atoms with Crippen LogP contribution in [0.1, 0.15) is 59.7 Å². The number of carbonyl (C=O) groups is 2. The number of ether oxygens (including phenoxy) is 1. The van der Waals surface area contributed by atoms with Crippen molar-refractivity contribution in [3.8, 4) is 16.9 Å². The molecule has 3 aromatic carbocycles. The molecule has 210 valence electrons. The van der Waals surface area contributed by atoms with Crippen molar-refractivity contribution >= 4 is 33.6 Å². The molecule has 1 aliphatic heterocycles. The second-order valence-electron chi connectivity index (χ2n) is 10.7. The van der Waals surface area contributed by atoms with Gasteiger partial charge in [0.05, 0.1) is 17.8 Å². The molecule has 41 heavy (non-hydrogen) atoms. The van der Waals surface area contributed by atoms with Crippen LogP contribution in [-0.2, 0) is 11.3 Å². The van der Waals surface area contributed by atoms with E-state index in [0.29, 0.717) is 31.5 Å². The number of fused-ring (bicyclic) bond motifs is 2. The van der Waals surface area contributed by atoms with Gasteiger partial charge in [0.2, 0.25) is 5.91 Å². The Kier molecular flexibility index (Phi) is 6.99. The molecule has 2 N–H and O–H groups in total. The van der Waals surface area contributed by atoms with Crippen molar-refractivity contribution in [2.45, 2.75) is 52.7 Å². The van der Waals surface area contributed by atoms with Crippen molar-refractivity contribution in [3.05, 3.63) is 83.3 Å². The minimum Gasteiger partial charge on any atom is -0.485 e. The van der Waals surface area contributed by atoms with Crippen molar-refractivity contribution in [2.75, 3.05) is 13.1 Å². The molecule has 8 nitrogen and oxygen atoms in total. The van der Waals surface area contributed by atoms with E-state index < -0.39 is 12.1 Å². The summed E-state index contributed by atoms with van der Waals surface area (Å²) in [6.07, 6.45) is 1.65. The van der Waals surface area contributed by atoms with Crippen LogP contribution in [0.2, 0.25) is 0 Å². The zero-order valence-electron chi connectivity index (χ0n) is 23.6. The molecule has 1 amide bonds. The summed E-state index contributed by atoms with van der Waals surface area (Å²) in [5.74, 6) is -0.101. The maximum absolute atomic E-state index is 12.6. The number of carboxylic acid groups (broad SMARTS) is 1. The molecule has 1 aliphatic rings. The van der Waals surface area contributed by atoms with Gasteiger partial charge in [0.15, 0.2) is 0 Å². The van der Waals surface area contributed by atoms with Gasteiger partial charge in [-0.15, -0.1) is 0 Å². The molecule has 3 heterocycles. The number of carbonyl (C=O) groups excluding carboxylic acids is 1. The lowest BCUT2D eigenvalue weighted by molar-refractivity contribution is -0.127. The van der Waals surface area contributed by atoms with Crippen molar-refractivity contribution in [1.29, 1.82) is 0 Å². The predicted molar refractivity (Wildman–Crippen MR) is 159 cm³/mol. The number of likely N-dealkylation sites (tertiary alicyclic amines) is 1. The zero-order chi connectivity index (χ0) is 28.7. The highest BCUT2D eigenvalue weighted by atomic mass is 16.5. The fourth-order valence-corrected chi connectivity index (χ4v) is 6.21. The Morgan fingerprint density at radius 2 is 1.80 bits per heavy atom. The normalized spacial score (nSPS) is 14.3. The second kappa shape index (κ2) is 10.8. The minimum atomic E-state index is -1.03. The molecule has 0 aliphatic carbocycles. The molecule has 8 heteroatoms. The first-order valence-electron chi connectivity index (χ1n) is 14.2. The van der Waals surface area contributed by atoms with E-state index in [9.17, 15) is 14.7 Å². The van der Waals surface area contributed by atoms with E-state index in [-0.39, 0.29) is 11.6 Å². The molecule has 2 aromatic heterocycles. The van der Waals surface area contributed by atoms with Gasteiger partial charge in [0.25, 0.3) is 0 Å². The third kappa shape index (κ3) is 4.73. The molecule has 0 radical (unpaired) electrons. The quantitative estimate of drug-likeness (QED) is 0.214. The number of H-pyrrole nitrogens is 1. The fourth-order valence-electron chi connectivity index (χ4n) is 6.21. The van der Waals surface area contributed by atoms with Crippen LogP contribution in [0.4, 0.5) is 0 Å². The standard InChI is InChI=1S/C33H34N4O4/c1-4-26(41-27-15-7-11-22-10-5-6-12-23(22)27)30-25-14-8-13-24(31(25)34-32(30)33(39)40)29-20(2)35-37(21(29)3)19-18-36-17-9-16-28(36)38/h5-8,10-15,26,34H,4,9,16-19H2,1-3H3,(H,39,40). The van der Waals surface area contributed by atoms with Gasteiger partial charge in [-0.25, -0.2) is 4.79 Å². The molecule has 0 saturated carbocycles. The van der Waals surface area contributed by atoms with E-state index in [0.717, 1.165) is 62.9 Å². The Bertz CT molecular complexity index is 1780. The van der Waals surface area contributed by atoms with E-state index in [1.807, 2.05) is 91.0 Å². The summed E-state index contributed by atoms with van der Waals surface area (Å²) >= 11 is 0. The Labute approximate surface area is 238 Å². The summed E-state index contributed by atoms with van der Waals surface area (Å²) < 4.78 is 8.53. The summed E-state index contributed by atoms with van der Waals surface area (Å²) in [7, 11) is 0. The van der Waals surface area contributed by atoms with Crippen LogP contribution in [0.25, 0.3) is 32.8 Å². The zero-order valence-corrected chi connectivity index (χ0v) is 23.6. The van der Waals surface area contributed by atoms with Crippen molar-refractivity contribution < 1.29 is 19.4 Å². The van der Waals surface area contributed by atoms with Gasteiger partial charge in [-0.2, -0.15) is 5.10 Å². The summed E-state index contributed by atoms with van der Waals surface area (Å²) in [6.45, 7) is 8.05. The average Bonchev–Trinajstić information content (AvgIpc) is 3.65. The molecule has 1 saturated heterocycles. The number of aromatic nitrogens is 3. The maximum Gasteiger partial charge on any atom is 0.352 e. The Hall–Kier alpha value is -4.59. The number of aromatic carboxylic acids is 1. The number of carboxylic acids is 1. The molecule has 6 rings (SSSR count). The number of amides is 1. The Morgan fingerprint density at radius 3 is 2.56 bits per heavy atom. The van der Waals surface area contributed by atoms with Crippen LogP contribution in [0.3, 0.4) is 0 Å². The topological polar surface area (TPSA) is 100 Å². The number of aryl methyl sites for hydroxylation is 1. The lowest BCUT2D eigenvalue weighted by Gasteiger charge is -2.20. The number of benzene rings is 3. The minimum absolute atomic E-state index is 0.134. The summed E-state index contributed by atoms with van der Waals surface area (Å²) in [4.78, 5) is 29.8. The van der Waals surface area contributed by atoms with Crippen molar-refractivity contribution in [2.24, 2.45) is 0 Å². The van der Waals surface area contributed by atoms with Crippen LogP contribution >= 0.6 is 0 Å². The third-order valence-electron chi connectivity index (χ3n) is 8.20. The van der Waals surface area contributed by atoms with Gasteiger partial charge in [0.1, 0.15) is 17.5 Å². The molecular weight excluding hydrogens is 516 g/mol. The first-order valence-corrected chi connectivity index (χ1v) is 14.2. The average molecular weight is 551 g/mol. The number of hydrogen-bond donors (Lipinski definition) is 2. The molecule has 1 unspecified atom stereocenters. The van der Waals surface area contributed by atoms with Gasteiger partial charge >= 0.3 is 5.97 Å². The molecular formula is C33H34N4O4. The highest BCUT2D eigenvalue weighted by molar-refractivity contribution is 6.04. The van der Waals surface area contributed by atoms with Crippen LogP contribution in [0.15, 0.2) is 60.7 Å². The lowest BCUT2D eigenvalue weighted by atomic mass is 9.97. The van der Waals surface area contributed by atoms with E-state index in [2.05, 4.69) is 4.98 Å². The maximum atomic E-state index is 12.6. The van der Waals surface area contributed by atoms with E-state index in [1.54, 1.807) is 0 Å². The van der Waals surface area contributed by atoms with E-state index >= 15 is 0 Å². The summed E-state index contributed by atoms with van der Waals surface area (Å²) in [5.41, 5.74) is 5.23. The van der Waals surface area contributed by atoms with Crippen LogP contribution in [0.5, 0.6) is 5.75 Å². The highest BCUT2D eigenvalue weighted by Gasteiger charge is 2.28. The van der Waals surface area contributed by atoms with Crippen molar-refractivity contribution in [1.82, 2.24) is 19.7 Å². The van der Waals surface area contributed by atoms with Crippen molar-refractivity contribution in [3.63, 3.8) is 0 Å². The molecule has 0 bridgehead atoms. The number of aromatic amines is 1. The highest BCUT2D eigenvalue weighted by Crippen LogP contribution is 2.40. The van der Waals surface area contributed by atoms with Gasteiger partial charge in [-0.3, -0.25) is 9.48 Å². The fraction of sp³-hybridized carbons (Fsp3) is 0.303. The number of hydrogen-bond acceptors (Lipinski definition) is 4. The van der Waals surface area contributed by atoms with Crippen LogP contribution in [-0.4, -0.2) is 49.7 Å². The largest absolute Gasteiger partial charge is 0.485 e. The van der Waals surface area contributed by atoms with Crippen LogP contribution in [0, 0.1) is 13.8 Å². The Morgan fingerprint density at radius 1 is 1.05 bits per heavy atom. The van der Waals surface area contributed by atoms with Gasteiger partial charge in [0, 0.05) is 52.7 Å². The predicted octanol–water partition coefficient (Wildman–Crippen LogP) is 6.65. The van der Waals surface area contributed by atoms with E-state index in [1.165, 1.54) is 0 Å². The molecule has 5 aromatic rings. The number of nitrogens with zero attached hydrogens (tertiary/aromatic N) is 3. The number of nitrogens with one attached hydrogen (secondary N) is 1. The summed E-state index contributed by atoms with van der Waals surface area (Å²) in [6, 6.07) is 19.9. The van der Waals surface area contributed by atoms with Crippen LogP contribution < -0.4 is 4.74 Å². The van der Waals surface area contributed by atoms with Gasteiger partial charge in [-0.05, 0) is 38.1 Å². The van der Waals surface area contributed by atoms with Gasteiger partial charge < -0.3 is 19.7 Å². The van der Waals surface area contributed by atoms with E-state index in [4.69, 9.17) is 9.84 Å². The SMILES string of the molecule is CCC(Oc1cccc2ccccc12)c1c(C(=O)O)[nH]c2c(-c3c(C)nn(CCN4CCCC4=O)c3C)cccc12. The summed E-state index contributed by atoms with van der Waals surface area (Å²) in [5, 5.41) is 18.0. The monoisotopic (exact) mass is 550 g/mol. The Balaban J connectivity index is 1.41.